The average molecular weight is 363 g/mol. The van der Waals surface area contributed by atoms with Crippen LogP contribution in [-0.2, 0) is 22.6 Å². The van der Waals surface area contributed by atoms with Crippen LogP contribution in [0.2, 0.25) is 0 Å². The Bertz CT molecular complexity index is 735. The van der Waals surface area contributed by atoms with Crippen molar-refractivity contribution in [3.63, 3.8) is 0 Å². The molecule has 2 rings (SSSR count). The zero-order valence-corrected chi connectivity index (χ0v) is 15.9. The van der Waals surface area contributed by atoms with Gasteiger partial charge in [0, 0.05) is 30.1 Å². The topological polar surface area (TPSA) is 88.9 Å². The van der Waals surface area contributed by atoms with Gasteiger partial charge in [-0.25, -0.2) is 4.98 Å². The van der Waals surface area contributed by atoms with Crippen molar-refractivity contribution in [2.45, 2.75) is 47.1 Å². The molecule has 0 aromatic carbocycles. The van der Waals surface area contributed by atoms with Crippen molar-refractivity contribution in [2.24, 2.45) is 5.92 Å². The van der Waals surface area contributed by atoms with Crippen molar-refractivity contribution < 1.29 is 9.59 Å². The third-order valence-corrected chi connectivity index (χ3v) is 4.43. The second-order valence-electron chi connectivity index (χ2n) is 6.32. The number of hydrogen-bond acceptors (Lipinski definition) is 5. The highest BCUT2D eigenvalue weighted by atomic mass is 32.1. The van der Waals surface area contributed by atoms with Crippen LogP contribution in [0.3, 0.4) is 0 Å². The lowest BCUT2D eigenvalue weighted by Crippen LogP contribution is -2.27. The number of hydrogen-bond donors (Lipinski definition) is 2. The van der Waals surface area contributed by atoms with Crippen LogP contribution in [0.25, 0.3) is 0 Å². The van der Waals surface area contributed by atoms with Crippen molar-refractivity contribution in [3.8, 4) is 0 Å². The molecule has 25 heavy (non-hydrogen) atoms. The highest BCUT2D eigenvalue weighted by molar-refractivity contribution is 7.13. The van der Waals surface area contributed by atoms with Gasteiger partial charge in [0.1, 0.15) is 0 Å². The van der Waals surface area contributed by atoms with Gasteiger partial charge in [-0.1, -0.05) is 13.8 Å². The number of nitrogens with zero attached hydrogens (tertiary/aromatic N) is 3. The molecule has 2 aromatic rings. The Hall–Kier alpha value is -2.22. The summed E-state index contributed by atoms with van der Waals surface area (Å²) >= 11 is 1.33. The van der Waals surface area contributed by atoms with Crippen LogP contribution in [0.5, 0.6) is 0 Å². The van der Waals surface area contributed by atoms with E-state index in [-0.39, 0.29) is 24.2 Å². The van der Waals surface area contributed by atoms with Gasteiger partial charge in [-0.2, -0.15) is 5.10 Å². The maximum absolute atomic E-state index is 12.0. The Morgan fingerprint density at radius 1 is 1.32 bits per heavy atom. The van der Waals surface area contributed by atoms with Gasteiger partial charge in [-0.3, -0.25) is 14.3 Å². The van der Waals surface area contributed by atoms with Crippen LogP contribution in [-0.4, -0.2) is 33.1 Å². The minimum atomic E-state index is -0.0992. The first kappa shape index (κ1) is 19.1. The summed E-state index contributed by atoms with van der Waals surface area (Å²) in [5.74, 6) is -0.243. The third kappa shape index (κ3) is 5.97. The molecule has 0 saturated carbocycles. The van der Waals surface area contributed by atoms with Gasteiger partial charge in [0.15, 0.2) is 5.13 Å². The summed E-state index contributed by atoms with van der Waals surface area (Å²) in [7, 11) is 0. The zero-order valence-electron chi connectivity index (χ0n) is 15.1. The number of anilines is 1. The molecule has 8 heteroatoms. The first-order valence-electron chi connectivity index (χ1n) is 8.38. The molecule has 0 saturated heterocycles. The first-order valence-corrected chi connectivity index (χ1v) is 9.26. The van der Waals surface area contributed by atoms with Crippen LogP contribution >= 0.6 is 11.3 Å². The van der Waals surface area contributed by atoms with Crippen molar-refractivity contribution >= 4 is 28.3 Å². The van der Waals surface area contributed by atoms with Crippen LogP contribution < -0.4 is 10.6 Å². The third-order valence-electron chi connectivity index (χ3n) is 3.62. The zero-order chi connectivity index (χ0) is 18.4. The quantitative estimate of drug-likeness (QED) is 0.704. The minimum Gasteiger partial charge on any atom is -0.356 e. The molecule has 0 unspecified atom stereocenters. The normalized spacial score (nSPS) is 10.9. The standard InChI is InChI=1S/C17H25N5O2S/c1-11(2)16(24)20-17-19-14(10-25-17)9-15(23)18-6-5-7-22-13(4)8-12(3)21-22/h8,10-11H,5-7,9H2,1-4H3,(H,18,23)(H,19,20,24). The molecule has 2 N–H and O–H groups in total. The molecule has 2 aromatic heterocycles. The van der Waals surface area contributed by atoms with E-state index in [0.29, 0.717) is 17.4 Å². The monoisotopic (exact) mass is 363 g/mol. The van der Waals surface area contributed by atoms with E-state index in [1.807, 2.05) is 38.4 Å². The Kier molecular flexibility index (Phi) is 6.69. The number of nitrogens with one attached hydrogen (secondary N) is 2. The van der Waals surface area contributed by atoms with Crippen LogP contribution in [0.1, 0.15) is 37.4 Å². The fourth-order valence-corrected chi connectivity index (χ4v) is 2.99. The average Bonchev–Trinajstić information content (AvgIpc) is 3.09. The van der Waals surface area contributed by atoms with Gasteiger partial charge in [0.2, 0.25) is 11.8 Å². The lowest BCUT2D eigenvalue weighted by atomic mass is 10.2. The maximum Gasteiger partial charge on any atom is 0.228 e. The first-order chi connectivity index (χ1) is 11.8. The predicted molar refractivity (Wildman–Crippen MR) is 98.6 cm³/mol. The molecule has 7 nitrogen and oxygen atoms in total. The number of rotatable bonds is 8. The minimum absolute atomic E-state index is 0.0691. The van der Waals surface area contributed by atoms with Gasteiger partial charge in [-0.05, 0) is 26.3 Å². The lowest BCUT2D eigenvalue weighted by Gasteiger charge is -2.06. The van der Waals surface area contributed by atoms with E-state index >= 15 is 0 Å². The maximum atomic E-state index is 12.0. The van der Waals surface area contributed by atoms with E-state index in [9.17, 15) is 9.59 Å². The van der Waals surface area contributed by atoms with Gasteiger partial charge in [-0.15, -0.1) is 11.3 Å². The summed E-state index contributed by atoms with van der Waals surface area (Å²) in [6.07, 6.45) is 1.04. The van der Waals surface area contributed by atoms with Gasteiger partial charge >= 0.3 is 0 Å². The Balaban J connectivity index is 1.71. The summed E-state index contributed by atoms with van der Waals surface area (Å²) < 4.78 is 1.95. The SMILES string of the molecule is Cc1cc(C)n(CCCNC(=O)Cc2csc(NC(=O)C(C)C)n2)n1. The van der Waals surface area contributed by atoms with Crippen molar-refractivity contribution in [2.75, 3.05) is 11.9 Å². The Labute approximate surface area is 151 Å². The smallest absolute Gasteiger partial charge is 0.228 e. The molecule has 0 aliphatic heterocycles. The predicted octanol–water partition coefficient (Wildman–Crippen LogP) is 2.30. The number of aryl methyl sites for hydroxylation is 3. The summed E-state index contributed by atoms with van der Waals surface area (Å²) in [6, 6.07) is 2.04. The Morgan fingerprint density at radius 2 is 2.08 bits per heavy atom. The number of aromatic nitrogens is 3. The number of carbonyl (C=O) groups is 2. The second kappa shape index (κ2) is 8.75. The molecule has 0 radical (unpaired) electrons. The number of amides is 2. The van der Waals surface area contributed by atoms with Crippen molar-refractivity contribution in [1.82, 2.24) is 20.1 Å². The molecule has 0 aliphatic rings. The Morgan fingerprint density at radius 3 is 2.72 bits per heavy atom. The second-order valence-corrected chi connectivity index (χ2v) is 7.18. The van der Waals surface area contributed by atoms with E-state index in [1.54, 1.807) is 5.38 Å². The summed E-state index contributed by atoms with van der Waals surface area (Å²) in [5.41, 5.74) is 2.80. The molecule has 0 fully saturated rings. The number of thiazole rings is 1. The molecule has 0 atom stereocenters. The summed E-state index contributed by atoms with van der Waals surface area (Å²) in [5, 5.41) is 12.4. The van der Waals surface area contributed by atoms with Gasteiger partial charge < -0.3 is 10.6 Å². The summed E-state index contributed by atoms with van der Waals surface area (Å²) in [6.45, 7) is 9.01. The van der Waals surface area contributed by atoms with Crippen LogP contribution in [0, 0.1) is 19.8 Å². The molecule has 0 bridgehead atoms. The van der Waals surface area contributed by atoms with Crippen LogP contribution in [0.15, 0.2) is 11.4 Å². The molecule has 136 valence electrons. The van der Waals surface area contributed by atoms with Crippen molar-refractivity contribution in [1.29, 1.82) is 0 Å². The lowest BCUT2D eigenvalue weighted by molar-refractivity contribution is -0.120. The van der Waals surface area contributed by atoms with Gasteiger partial charge in [0.05, 0.1) is 17.8 Å². The molecular weight excluding hydrogens is 338 g/mol. The van der Waals surface area contributed by atoms with E-state index in [2.05, 4.69) is 20.7 Å². The van der Waals surface area contributed by atoms with Crippen LogP contribution in [0.4, 0.5) is 5.13 Å². The molecule has 0 aliphatic carbocycles. The van der Waals surface area contributed by atoms with Crippen molar-refractivity contribution in [3.05, 3.63) is 28.5 Å². The van der Waals surface area contributed by atoms with E-state index < -0.39 is 0 Å². The highest BCUT2D eigenvalue weighted by Crippen LogP contribution is 2.16. The molecule has 2 amide bonds. The molecule has 2 heterocycles. The highest BCUT2D eigenvalue weighted by Gasteiger charge is 2.11. The summed E-state index contributed by atoms with van der Waals surface area (Å²) in [4.78, 5) is 27.9. The molecule has 0 spiro atoms. The van der Waals surface area contributed by atoms with Gasteiger partial charge in [0.25, 0.3) is 0 Å². The van der Waals surface area contributed by atoms with E-state index in [4.69, 9.17) is 0 Å². The largest absolute Gasteiger partial charge is 0.356 e. The molecular formula is C17H25N5O2S. The number of carbonyl (C=O) groups excluding carboxylic acids is 2. The fraction of sp³-hybridized carbons (Fsp3) is 0.529. The fourth-order valence-electron chi connectivity index (χ4n) is 2.28. The van der Waals surface area contributed by atoms with E-state index in [1.165, 1.54) is 11.3 Å². The van der Waals surface area contributed by atoms with E-state index in [0.717, 1.165) is 24.4 Å².